The van der Waals surface area contributed by atoms with E-state index in [-0.39, 0.29) is 10.6 Å². The molecule has 58 valence electrons. The minimum atomic E-state index is -0.684. The molecule has 0 aromatic heterocycles. The molecule has 11 heavy (non-hydrogen) atoms. The highest BCUT2D eigenvalue weighted by molar-refractivity contribution is 9.10. The molecule has 0 aliphatic carbocycles. The summed E-state index contributed by atoms with van der Waals surface area (Å²) in [6.07, 6.45) is 0.424. The lowest BCUT2D eigenvalue weighted by atomic mass is 10.2. The monoisotopic (exact) mass is 236 g/mol. The maximum absolute atomic E-state index is 12.9. The predicted octanol–water partition coefficient (Wildman–Crippen LogP) is 3.05. The molecule has 1 aromatic carbocycles. The molecular weight excluding hydrogens is 234 g/mol. The highest BCUT2D eigenvalue weighted by Gasteiger charge is 2.08. The Labute approximate surface area is 76.3 Å². The van der Waals surface area contributed by atoms with Crippen molar-refractivity contribution in [1.82, 2.24) is 0 Å². The summed E-state index contributed by atoms with van der Waals surface area (Å²) in [5.41, 5.74) is -0.0294. The van der Waals surface area contributed by atoms with E-state index in [1.54, 1.807) is 0 Å². The zero-order valence-corrected chi connectivity index (χ0v) is 7.62. The molecule has 0 unspecified atom stereocenters. The van der Waals surface area contributed by atoms with E-state index in [4.69, 9.17) is 11.6 Å². The Morgan fingerprint density at radius 2 is 2.18 bits per heavy atom. The number of benzene rings is 1. The highest BCUT2D eigenvalue weighted by atomic mass is 79.9. The zero-order chi connectivity index (χ0) is 8.43. The average Bonchev–Trinajstić information content (AvgIpc) is 2.01. The number of carbonyl (C=O) groups excluding carboxylic acids is 1. The Morgan fingerprint density at radius 1 is 1.55 bits per heavy atom. The molecule has 0 atom stereocenters. The molecule has 4 heteroatoms. The van der Waals surface area contributed by atoms with Crippen LogP contribution in [0.5, 0.6) is 0 Å². The summed E-state index contributed by atoms with van der Waals surface area (Å²) in [6, 6.07) is 2.88. The average molecular weight is 237 g/mol. The van der Waals surface area contributed by atoms with Gasteiger partial charge in [0.25, 0.3) is 0 Å². The van der Waals surface area contributed by atoms with Crippen LogP contribution in [0.15, 0.2) is 16.6 Å². The molecule has 0 aliphatic rings. The van der Waals surface area contributed by atoms with E-state index in [0.717, 1.165) is 0 Å². The Hall–Kier alpha value is -0.410. The number of carbonyl (C=O) groups is 1. The van der Waals surface area contributed by atoms with Crippen LogP contribution >= 0.6 is 27.5 Å². The third-order valence-corrected chi connectivity index (χ3v) is 2.45. The molecule has 0 amide bonds. The van der Waals surface area contributed by atoms with Gasteiger partial charge in [-0.15, -0.1) is 0 Å². The quantitative estimate of drug-likeness (QED) is 0.542. The third kappa shape index (κ3) is 1.60. The van der Waals surface area contributed by atoms with Crippen LogP contribution in [-0.4, -0.2) is 6.29 Å². The number of rotatable bonds is 1. The summed E-state index contributed by atoms with van der Waals surface area (Å²) in [7, 11) is 0. The molecule has 1 nitrogen and oxygen atoms in total. The summed E-state index contributed by atoms with van der Waals surface area (Å²) in [4.78, 5) is 10.2. The lowest BCUT2D eigenvalue weighted by molar-refractivity contribution is 0.112. The van der Waals surface area contributed by atoms with Gasteiger partial charge in [-0.1, -0.05) is 11.6 Å². The van der Waals surface area contributed by atoms with Crippen molar-refractivity contribution in [3.05, 3.63) is 33.0 Å². The normalized spacial score (nSPS) is 9.73. The summed E-state index contributed by atoms with van der Waals surface area (Å²) in [6.45, 7) is 0. The molecule has 0 saturated carbocycles. The van der Waals surface area contributed by atoms with E-state index in [1.165, 1.54) is 12.1 Å². The Bertz CT molecular complexity index is 301. The molecule has 1 aromatic rings. The van der Waals surface area contributed by atoms with Crippen molar-refractivity contribution in [2.45, 2.75) is 0 Å². The van der Waals surface area contributed by atoms with Crippen LogP contribution in [-0.2, 0) is 0 Å². The van der Waals surface area contributed by atoms with Crippen LogP contribution in [0.2, 0.25) is 5.02 Å². The molecule has 0 saturated heterocycles. The highest BCUT2D eigenvalue weighted by Crippen LogP contribution is 2.26. The molecule has 0 bridgehead atoms. The maximum atomic E-state index is 12.9. The smallest absolute Gasteiger partial charge is 0.153 e. The van der Waals surface area contributed by atoms with Gasteiger partial charge in [-0.3, -0.25) is 4.79 Å². The number of hydrogen-bond donors (Lipinski definition) is 0. The van der Waals surface area contributed by atoms with Crippen LogP contribution in [0, 0.1) is 5.82 Å². The van der Waals surface area contributed by atoms with Gasteiger partial charge in [0.05, 0.1) is 10.6 Å². The maximum Gasteiger partial charge on any atom is 0.153 e. The van der Waals surface area contributed by atoms with Crippen LogP contribution in [0.3, 0.4) is 0 Å². The standard InChI is InChI=1S/C7H3BrClFO/c8-5-2-1-4(3-11)7(10)6(5)9/h1-3H. The molecular formula is C7H3BrClFO. The largest absolute Gasteiger partial charge is 0.298 e. The molecule has 0 N–H and O–H groups in total. The Morgan fingerprint density at radius 3 is 2.73 bits per heavy atom. The molecule has 0 radical (unpaired) electrons. The number of halogens is 3. The molecule has 0 heterocycles. The van der Waals surface area contributed by atoms with Crippen molar-refractivity contribution in [3.8, 4) is 0 Å². The predicted molar refractivity (Wildman–Crippen MR) is 44.5 cm³/mol. The van der Waals surface area contributed by atoms with Gasteiger partial charge >= 0.3 is 0 Å². The van der Waals surface area contributed by atoms with Crippen molar-refractivity contribution in [2.24, 2.45) is 0 Å². The van der Waals surface area contributed by atoms with E-state index in [9.17, 15) is 9.18 Å². The van der Waals surface area contributed by atoms with Gasteiger partial charge in [0.2, 0.25) is 0 Å². The minimum Gasteiger partial charge on any atom is -0.298 e. The van der Waals surface area contributed by atoms with Gasteiger partial charge in [0.15, 0.2) is 12.1 Å². The molecule has 0 spiro atoms. The van der Waals surface area contributed by atoms with Gasteiger partial charge in [-0.2, -0.15) is 0 Å². The van der Waals surface area contributed by atoms with E-state index in [0.29, 0.717) is 10.8 Å². The summed E-state index contributed by atoms with van der Waals surface area (Å²) < 4.78 is 13.3. The second-order valence-corrected chi connectivity index (χ2v) is 3.11. The first-order chi connectivity index (χ1) is 5.16. The van der Waals surface area contributed by atoms with E-state index in [2.05, 4.69) is 15.9 Å². The first-order valence-corrected chi connectivity index (χ1v) is 3.92. The van der Waals surface area contributed by atoms with Crippen LogP contribution < -0.4 is 0 Å². The van der Waals surface area contributed by atoms with Crippen LogP contribution in [0.1, 0.15) is 10.4 Å². The fraction of sp³-hybridized carbons (Fsp3) is 0. The second-order valence-electron chi connectivity index (χ2n) is 1.88. The van der Waals surface area contributed by atoms with Gasteiger partial charge in [0, 0.05) is 4.47 Å². The molecule has 0 aliphatic heterocycles. The first kappa shape index (κ1) is 8.68. The SMILES string of the molecule is O=Cc1ccc(Br)c(Cl)c1F. The molecule has 1 rings (SSSR count). The Kier molecular flexibility index (Phi) is 2.62. The summed E-state index contributed by atoms with van der Waals surface area (Å²) in [5.74, 6) is -0.684. The van der Waals surface area contributed by atoms with Crippen molar-refractivity contribution in [1.29, 1.82) is 0 Å². The van der Waals surface area contributed by atoms with Gasteiger partial charge in [-0.25, -0.2) is 4.39 Å². The zero-order valence-electron chi connectivity index (χ0n) is 5.27. The lowest BCUT2D eigenvalue weighted by Gasteiger charge is -1.98. The van der Waals surface area contributed by atoms with E-state index < -0.39 is 5.82 Å². The van der Waals surface area contributed by atoms with Gasteiger partial charge < -0.3 is 0 Å². The fourth-order valence-corrected chi connectivity index (χ4v) is 1.11. The Balaban J connectivity index is 3.36. The first-order valence-electron chi connectivity index (χ1n) is 2.75. The third-order valence-electron chi connectivity index (χ3n) is 1.19. The second kappa shape index (κ2) is 3.32. The number of hydrogen-bond acceptors (Lipinski definition) is 1. The van der Waals surface area contributed by atoms with E-state index >= 15 is 0 Å². The van der Waals surface area contributed by atoms with Gasteiger partial charge in [0.1, 0.15) is 0 Å². The minimum absolute atomic E-state index is 0.0294. The lowest BCUT2D eigenvalue weighted by Crippen LogP contribution is -1.88. The summed E-state index contributed by atoms with van der Waals surface area (Å²) in [5, 5.41) is -0.0606. The van der Waals surface area contributed by atoms with Crippen LogP contribution in [0.4, 0.5) is 4.39 Å². The topological polar surface area (TPSA) is 17.1 Å². The van der Waals surface area contributed by atoms with Crippen LogP contribution in [0.25, 0.3) is 0 Å². The van der Waals surface area contributed by atoms with Gasteiger partial charge in [-0.05, 0) is 28.1 Å². The van der Waals surface area contributed by atoms with Crippen molar-refractivity contribution in [3.63, 3.8) is 0 Å². The van der Waals surface area contributed by atoms with Crippen molar-refractivity contribution in [2.75, 3.05) is 0 Å². The van der Waals surface area contributed by atoms with Crippen molar-refractivity contribution >= 4 is 33.8 Å². The summed E-state index contributed by atoms with van der Waals surface area (Å²) >= 11 is 8.50. The fourth-order valence-electron chi connectivity index (χ4n) is 0.632. The number of aldehydes is 1. The van der Waals surface area contributed by atoms with Crippen molar-refractivity contribution < 1.29 is 9.18 Å². The van der Waals surface area contributed by atoms with E-state index in [1.807, 2.05) is 0 Å². The molecule has 0 fully saturated rings.